The lowest BCUT2D eigenvalue weighted by atomic mass is 9.92. The van der Waals surface area contributed by atoms with Gasteiger partial charge in [0.1, 0.15) is 5.60 Å². The van der Waals surface area contributed by atoms with Gasteiger partial charge in [-0.2, -0.15) is 4.98 Å². The van der Waals surface area contributed by atoms with E-state index in [4.69, 9.17) is 9.26 Å². The van der Waals surface area contributed by atoms with Crippen LogP contribution in [0.4, 0.5) is 0 Å². The van der Waals surface area contributed by atoms with E-state index >= 15 is 0 Å². The predicted molar refractivity (Wildman–Crippen MR) is 85.5 cm³/mol. The number of methoxy groups -OCH3 is 1. The standard InChI is InChI=1S/C14H16BrN3O2.ClH/c1-19-14(5-7-16-8-6-14)13-17-12(18-20-13)10-3-2-4-11(15)9-10;/h2-4,9,16H,5-8H2,1H3;1H. The SMILES string of the molecule is COC1(c2nc(-c3cccc(Br)c3)no2)CCNCC1.Cl. The molecule has 0 saturated carbocycles. The van der Waals surface area contributed by atoms with E-state index in [-0.39, 0.29) is 12.4 Å². The molecule has 0 bridgehead atoms. The zero-order valence-electron chi connectivity index (χ0n) is 11.6. The van der Waals surface area contributed by atoms with Gasteiger partial charge in [-0.05, 0) is 38.1 Å². The lowest BCUT2D eigenvalue weighted by Gasteiger charge is -2.32. The molecule has 1 aromatic carbocycles. The van der Waals surface area contributed by atoms with Crippen molar-refractivity contribution in [3.05, 3.63) is 34.6 Å². The molecule has 1 aliphatic heterocycles. The minimum Gasteiger partial charge on any atom is -0.368 e. The molecule has 114 valence electrons. The average molecular weight is 375 g/mol. The van der Waals surface area contributed by atoms with Crippen LogP contribution in [-0.4, -0.2) is 30.3 Å². The Balaban J connectivity index is 0.00000161. The molecule has 3 rings (SSSR count). The molecule has 1 aliphatic rings. The molecule has 0 spiro atoms. The first-order chi connectivity index (χ1) is 9.73. The number of nitrogens with one attached hydrogen (secondary N) is 1. The molecule has 0 unspecified atom stereocenters. The molecule has 1 aromatic heterocycles. The van der Waals surface area contributed by atoms with Gasteiger partial charge >= 0.3 is 0 Å². The molecule has 2 heterocycles. The van der Waals surface area contributed by atoms with Gasteiger partial charge in [-0.25, -0.2) is 0 Å². The van der Waals surface area contributed by atoms with Gasteiger partial charge in [0.25, 0.3) is 5.89 Å². The summed E-state index contributed by atoms with van der Waals surface area (Å²) in [6.45, 7) is 1.78. The monoisotopic (exact) mass is 373 g/mol. The summed E-state index contributed by atoms with van der Waals surface area (Å²) in [7, 11) is 1.70. The second-order valence-corrected chi connectivity index (χ2v) is 5.80. The third-order valence-electron chi connectivity index (χ3n) is 3.70. The number of rotatable bonds is 3. The van der Waals surface area contributed by atoms with Crippen molar-refractivity contribution >= 4 is 28.3 Å². The molecule has 0 atom stereocenters. The van der Waals surface area contributed by atoms with Gasteiger partial charge in [0.2, 0.25) is 5.82 Å². The van der Waals surface area contributed by atoms with Crippen LogP contribution in [0, 0.1) is 0 Å². The number of halogens is 2. The van der Waals surface area contributed by atoms with Gasteiger partial charge in [-0.3, -0.25) is 0 Å². The molecular weight excluding hydrogens is 358 g/mol. The summed E-state index contributed by atoms with van der Waals surface area (Å²) in [6, 6.07) is 7.85. The number of ether oxygens (including phenoxy) is 1. The first kappa shape index (κ1) is 16.4. The summed E-state index contributed by atoms with van der Waals surface area (Å²) in [5, 5.41) is 7.40. The smallest absolute Gasteiger partial charge is 0.259 e. The van der Waals surface area contributed by atoms with E-state index in [0.29, 0.717) is 11.7 Å². The highest BCUT2D eigenvalue weighted by atomic mass is 79.9. The fraction of sp³-hybridized carbons (Fsp3) is 0.429. The lowest BCUT2D eigenvalue weighted by Crippen LogP contribution is -2.41. The Morgan fingerprint density at radius 1 is 1.33 bits per heavy atom. The van der Waals surface area contributed by atoms with Crippen LogP contribution in [0.3, 0.4) is 0 Å². The van der Waals surface area contributed by atoms with Crippen LogP contribution in [0.1, 0.15) is 18.7 Å². The second-order valence-electron chi connectivity index (χ2n) is 4.88. The Kier molecular flexibility index (Phi) is 5.37. The minimum atomic E-state index is -0.456. The normalized spacial score (nSPS) is 17.2. The van der Waals surface area contributed by atoms with E-state index in [0.717, 1.165) is 36.0 Å². The minimum absolute atomic E-state index is 0. The number of hydrogen-bond acceptors (Lipinski definition) is 5. The van der Waals surface area contributed by atoms with Gasteiger partial charge in [0.05, 0.1) is 0 Å². The Hall–Kier alpha value is -0.950. The van der Waals surface area contributed by atoms with Crippen LogP contribution in [0.15, 0.2) is 33.3 Å². The molecule has 0 amide bonds. The van der Waals surface area contributed by atoms with Crippen LogP contribution in [-0.2, 0) is 10.3 Å². The summed E-state index contributed by atoms with van der Waals surface area (Å²) in [4.78, 5) is 4.54. The summed E-state index contributed by atoms with van der Waals surface area (Å²) < 4.78 is 12.1. The summed E-state index contributed by atoms with van der Waals surface area (Å²) in [5.41, 5.74) is 0.470. The fourth-order valence-electron chi connectivity index (χ4n) is 2.49. The highest BCUT2D eigenvalue weighted by Gasteiger charge is 2.39. The largest absolute Gasteiger partial charge is 0.368 e. The van der Waals surface area contributed by atoms with E-state index in [2.05, 4.69) is 31.4 Å². The molecule has 0 aliphatic carbocycles. The highest BCUT2D eigenvalue weighted by Crippen LogP contribution is 2.34. The molecule has 1 N–H and O–H groups in total. The summed E-state index contributed by atoms with van der Waals surface area (Å²) in [5.74, 6) is 1.16. The number of nitrogens with zero attached hydrogens (tertiary/aromatic N) is 2. The van der Waals surface area contributed by atoms with Crippen molar-refractivity contribution in [1.29, 1.82) is 0 Å². The van der Waals surface area contributed by atoms with Crippen LogP contribution >= 0.6 is 28.3 Å². The van der Waals surface area contributed by atoms with E-state index in [1.165, 1.54) is 0 Å². The molecule has 7 heteroatoms. The summed E-state index contributed by atoms with van der Waals surface area (Å²) in [6.07, 6.45) is 1.67. The van der Waals surface area contributed by atoms with Crippen molar-refractivity contribution in [2.75, 3.05) is 20.2 Å². The van der Waals surface area contributed by atoms with Crippen LogP contribution in [0.2, 0.25) is 0 Å². The fourth-order valence-corrected chi connectivity index (χ4v) is 2.89. The van der Waals surface area contributed by atoms with E-state index in [1.54, 1.807) is 7.11 Å². The quantitative estimate of drug-likeness (QED) is 0.894. The zero-order chi connectivity index (χ0) is 14.0. The molecule has 0 radical (unpaired) electrons. The Labute approximate surface area is 138 Å². The molecule has 1 fully saturated rings. The van der Waals surface area contributed by atoms with Crippen molar-refractivity contribution in [1.82, 2.24) is 15.5 Å². The second kappa shape index (κ2) is 6.87. The molecular formula is C14H17BrClN3O2. The van der Waals surface area contributed by atoms with Gasteiger partial charge in [0, 0.05) is 17.1 Å². The third kappa shape index (κ3) is 3.29. The molecule has 5 nitrogen and oxygen atoms in total. The summed E-state index contributed by atoms with van der Waals surface area (Å²) >= 11 is 3.45. The lowest BCUT2D eigenvalue weighted by molar-refractivity contribution is -0.0622. The van der Waals surface area contributed by atoms with E-state index < -0.39 is 5.60 Å². The Morgan fingerprint density at radius 3 is 2.76 bits per heavy atom. The number of aromatic nitrogens is 2. The van der Waals surface area contributed by atoms with Crippen molar-refractivity contribution in [2.24, 2.45) is 0 Å². The maximum atomic E-state index is 5.69. The molecule has 2 aromatic rings. The van der Waals surface area contributed by atoms with Crippen molar-refractivity contribution in [3.63, 3.8) is 0 Å². The maximum absolute atomic E-state index is 5.69. The average Bonchev–Trinajstić information content (AvgIpc) is 2.98. The Morgan fingerprint density at radius 2 is 2.10 bits per heavy atom. The third-order valence-corrected chi connectivity index (χ3v) is 4.19. The van der Waals surface area contributed by atoms with Crippen LogP contribution in [0.5, 0.6) is 0 Å². The Bertz CT molecular complexity index is 599. The van der Waals surface area contributed by atoms with Gasteiger partial charge in [-0.1, -0.05) is 33.2 Å². The predicted octanol–water partition coefficient (Wildman–Crippen LogP) is 3.15. The molecule has 1 saturated heterocycles. The van der Waals surface area contributed by atoms with Gasteiger partial charge < -0.3 is 14.6 Å². The van der Waals surface area contributed by atoms with E-state index in [9.17, 15) is 0 Å². The van der Waals surface area contributed by atoms with Crippen molar-refractivity contribution in [3.8, 4) is 11.4 Å². The van der Waals surface area contributed by atoms with Crippen LogP contribution < -0.4 is 5.32 Å². The van der Waals surface area contributed by atoms with Gasteiger partial charge in [-0.15, -0.1) is 12.4 Å². The van der Waals surface area contributed by atoms with Crippen molar-refractivity contribution in [2.45, 2.75) is 18.4 Å². The number of benzene rings is 1. The first-order valence-electron chi connectivity index (χ1n) is 6.59. The van der Waals surface area contributed by atoms with Crippen LogP contribution in [0.25, 0.3) is 11.4 Å². The zero-order valence-corrected chi connectivity index (χ0v) is 14.0. The maximum Gasteiger partial charge on any atom is 0.259 e. The highest BCUT2D eigenvalue weighted by molar-refractivity contribution is 9.10. The topological polar surface area (TPSA) is 60.2 Å². The first-order valence-corrected chi connectivity index (χ1v) is 7.39. The molecule has 21 heavy (non-hydrogen) atoms. The number of hydrogen-bond donors (Lipinski definition) is 1. The number of piperidine rings is 1. The van der Waals surface area contributed by atoms with Crippen molar-refractivity contribution < 1.29 is 9.26 Å². The van der Waals surface area contributed by atoms with Gasteiger partial charge in [0.15, 0.2) is 0 Å². The van der Waals surface area contributed by atoms with E-state index in [1.807, 2.05) is 24.3 Å².